The number of hydrogen-bond acceptors (Lipinski definition) is 11. The van der Waals surface area contributed by atoms with Crippen LogP contribution in [0.2, 0.25) is 0 Å². The van der Waals surface area contributed by atoms with Crippen LogP contribution in [0.5, 0.6) is 0 Å². The van der Waals surface area contributed by atoms with E-state index < -0.39 is 58.8 Å². The highest BCUT2D eigenvalue weighted by Crippen LogP contribution is 2.41. The molecule has 0 fully saturated rings. The standard InChI is InChI=1S/C43H54F2N8O9S/c1-43(2,3)41(33-20-28(30-21-29(44)10-11-31(30)45)24-52(33)23-27-8-5-4-6-9-27)53(19-7-17-46)39(57)26-63-25-32(42(60)61)49-36(55)13-12-34-50-38(62-51-34)16-18-47-37(56)22-48-35(54)14-15-40(58)59/h4-6,8-11,20-21,24,32,41H,7,12-19,22-23,25-26,46H2,1-3H3,(H,47,56)(H,48,54)(H,49,55)(H,58,59)(H,60,61)/t32-,41-/m0/s1. The highest BCUT2D eigenvalue weighted by atomic mass is 32.2. The van der Waals surface area contributed by atoms with Gasteiger partial charge in [0.05, 0.1) is 24.8 Å². The fraction of sp³-hybridized carbons (Fsp3) is 0.442. The number of nitrogens with two attached hydrogens (primary N) is 1. The number of carboxylic acids is 2. The number of aliphatic carboxylic acids is 2. The second-order valence-corrected chi connectivity index (χ2v) is 16.8. The van der Waals surface area contributed by atoms with Crippen molar-refractivity contribution in [2.75, 3.05) is 37.7 Å². The number of carbonyl (C=O) groups excluding carboxylic acids is 4. The van der Waals surface area contributed by atoms with Crippen LogP contribution >= 0.6 is 11.8 Å². The molecule has 63 heavy (non-hydrogen) atoms. The smallest absolute Gasteiger partial charge is 0.327 e. The minimum atomic E-state index is -1.33. The van der Waals surface area contributed by atoms with E-state index in [9.17, 15) is 38.3 Å². The first-order chi connectivity index (χ1) is 29.9. The summed E-state index contributed by atoms with van der Waals surface area (Å²) in [5.74, 6) is -5.51. The topological polar surface area (TPSA) is 252 Å². The van der Waals surface area contributed by atoms with E-state index in [0.717, 1.165) is 35.5 Å². The molecule has 0 aliphatic heterocycles. The Labute approximate surface area is 367 Å². The van der Waals surface area contributed by atoms with Crippen molar-refractivity contribution >= 4 is 47.3 Å². The number of carbonyl (C=O) groups is 6. The van der Waals surface area contributed by atoms with Crippen LogP contribution in [0.25, 0.3) is 11.1 Å². The summed E-state index contributed by atoms with van der Waals surface area (Å²) in [5, 5.41) is 29.8. The van der Waals surface area contributed by atoms with Crippen LogP contribution in [0.15, 0.2) is 65.3 Å². The molecule has 2 atom stereocenters. The molecular formula is C43H54F2N8O9S. The summed E-state index contributed by atoms with van der Waals surface area (Å²) in [7, 11) is 0. The Morgan fingerprint density at radius 2 is 1.68 bits per heavy atom. The number of nitrogens with one attached hydrogen (secondary N) is 3. The normalized spacial score (nSPS) is 12.3. The largest absolute Gasteiger partial charge is 0.481 e. The predicted octanol–water partition coefficient (Wildman–Crippen LogP) is 3.70. The SMILES string of the molecule is CC(C)(C)[C@H](c1cc(-c2cc(F)ccc2F)cn1Cc1ccccc1)N(CCCN)C(=O)CSC[C@H](NC(=O)CCc1noc(CCNC(=O)CNC(=O)CCC(=O)O)n1)C(=O)O. The molecule has 0 radical (unpaired) electrons. The highest BCUT2D eigenvalue weighted by molar-refractivity contribution is 8.00. The van der Waals surface area contributed by atoms with Crippen molar-refractivity contribution in [2.45, 2.75) is 77.9 Å². The fourth-order valence-corrected chi connectivity index (χ4v) is 7.56. The fourth-order valence-electron chi connectivity index (χ4n) is 6.64. The second kappa shape index (κ2) is 23.9. The zero-order valence-electron chi connectivity index (χ0n) is 35.4. The zero-order valence-corrected chi connectivity index (χ0v) is 36.2. The number of thioether (sulfide) groups is 1. The Morgan fingerprint density at radius 3 is 2.37 bits per heavy atom. The first-order valence-corrected chi connectivity index (χ1v) is 21.5. The van der Waals surface area contributed by atoms with Gasteiger partial charge in [-0.25, -0.2) is 13.6 Å². The van der Waals surface area contributed by atoms with Crippen LogP contribution in [-0.4, -0.2) is 109 Å². The number of amides is 4. The third-order valence-corrected chi connectivity index (χ3v) is 10.6. The number of benzene rings is 2. The van der Waals surface area contributed by atoms with E-state index >= 15 is 4.39 Å². The van der Waals surface area contributed by atoms with Crippen molar-refractivity contribution in [1.29, 1.82) is 0 Å². The van der Waals surface area contributed by atoms with Crippen molar-refractivity contribution < 1.29 is 52.3 Å². The van der Waals surface area contributed by atoms with Crippen LogP contribution in [0.1, 0.15) is 75.5 Å². The average Bonchev–Trinajstić information content (AvgIpc) is 3.86. The number of nitrogens with zero attached hydrogens (tertiary/aromatic N) is 4. The van der Waals surface area contributed by atoms with E-state index in [1.807, 2.05) is 55.7 Å². The minimum absolute atomic E-state index is 0.0197. The quantitative estimate of drug-likeness (QED) is 0.0556. The van der Waals surface area contributed by atoms with Gasteiger partial charge in [-0.2, -0.15) is 4.98 Å². The van der Waals surface area contributed by atoms with E-state index in [0.29, 0.717) is 24.2 Å². The number of rotatable bonds is 25. The van der Waals surface area contributed by atoms with Crippen molar-refractivity contribution in [3.8, 4) is 11.1 Å². The Balaban J connectivity index is 1.37. The summed E-state index contributed by atoms with van der Waals surface area (Å²) >= 11 is 1.04. The summed E-state index contributed by atoms with van der Waals surface area (Å²) < 4.78 is 36.6. The molecule has 0 bridgehead atoms. The monoisotopic (exact) mass is 896 g/mol. The van der Waals surface area contributed by atoms with Crippen molar-refractivity contribution in [3.63, 3.8) is 0 Å². The molecule has 4 amide bonds. The van der Waals surface area contributed by atoms with Gasteiger partial charge in [0.25, 0.3) is 0 Å². The summed E-state index contributed by atoms with van der Waals surface area (Å²) in [4.78, 5) is 79.3. The van der Waals surface area contributed by atoms with Crippen molar-refractivity contribution in [2.24, 2.45) is 11.1 Å². The van der Waals surface area contributed by atoms with Crippen molar-refractivity contribution in [1.82, 2.24) is 35.6 Å². The maximum atomic E-state index is 15.1. The van der Waals surface area contributed by atoms with Crippen molar-refractivity contribution in [3.05, 3.63) is 95.4 Å². The van der Waals surface area contributed by atoms with Gasteiger partial charge in [0, 0.05) is 74.1 Å². The molecule has 17 nitrogen and oxygen atoms in total. The van der Waals surface area contributed by atoms with Gasteiger partial charge >= 0.3 is 11.9 Å². The number of carboxylic acid groups (broad SMARTS) is 2. The molecule has 2 heterocycles. The van der Waals surface area contributed by atoms with Gasteiger partial charge in [0.1, 0.15) is 17.7 Å². The van der Waals surface area contributed by atoms with E-state index in [1.54, 1.807) is 17.2 Å². The van der Waals surface area contributed by atoms with Gasteiger partial charge < -0.3 is 45.9 Å². The third-order valence-electron chi connectivity index (χ3n) is 9.60. The third kappa shape index (κ3) is 15.9. The van der Waals surface area contributed by atoms with Gasteiger partial charge in [-0.1, -0.05) is 56.3 Å². The predicted molar refractivity (Wildman–Crippen MR) is 229 cm³/mol. The van der Waals surface area contributed by atoms with E-state index in [-0.39, 0.29) is 93.0 Å². The Morgan fingerprint density at radius 1 is 0.937 bits per heavy atom. The molecule has 0 spiro atoms. The molecule has 340 valence electrons. The summed E-state index contributed by atoms with van der Waals surface area (Å²) in [6.07, 6.45) is 1.60. The Hall–Kier alpha value is -6.15. The lowest BCUT2D eigenvalue weighted by Gasteiger charge is -2.41. The number of aryl methyl sites for hydroxylation is 1. The van der Waals surface area contributed by atoms with Crippen LogP contribution in [0.3, 0.4) is 0 Å². The molecule has 4 rings (SSSR count). The average molecular weight is 897 g/mol. The second-order valence-electron chi connectivity index (χ2n) is 15.7. The number of halogens is 2. The maximum absolute atomic E-state index is 15.1. The summed E-state index contributed by atoms with van der Waals surface area (Å²) in [5.41, 5.74) is 7.49. The molecule has 0 aliphatic carbocycles. The molecule has 0 saturated heterocycles. The molecule has 0 aliphatic rings. The summed E-state index contributed by atoms with van der Waals surface area (Å²) in [6.45, 7) is 6.61. The minimum Gasteiger partial charge on any atom is -0.481 e. The molecule has 7 N–H and O–H groups in total. The molecular weight excluding hydrogens is 843 g/mol. The molecule has 20 heteroatoms. The molecule has 4 aromatic rings. The lowest BCUT2D eigenvalue weighted by molar-refractivity contribution is -0.141. The molecule has 2 aromatic carbocycles. The number of hydrogen-bond donors (Lipinski definition) is 6. The van der Waals surface area contributed by atoms with Gasteiger partial charge in [-0.05, 0) is 48.2 Å². The van der Waals surface area contributed by atoms with Gasteiger partial charge in [0.2, 0.25) is 29.5 Å². The lowest BCUT2D eigenvalue weighted by Crippen LogP contribution is -2.45. The van der Waals surface area contributed by atoms with E-state index in [4.69, 9.17) is 15.4 Å². The molecule has 2 aromatic heterocycles. The Kier molecular flexibility index (Phi) is 18.8. The van der Waals surface area contributed by atoms with Crippen LogP contribution in [0.4, 0.5) is 8.78 Å². The van der Waals surface area contributed by atoms with Gasteiger partial charge in [-0.15, -0.1) is 11.8 Å². The highest BCUT2D eigenvalue weighted by Gasteiger charge is 2.37. The first-order valence-electron chi connectivity index (χ1n) is 20.3. The molecule has 0 saturated carbocycles. The van der Waals surface area contributed by atoms with E-state index in [2.05, 4.69) is 26.1 Å². The summed E-state index contributed by atoms with van der Waals surface area (Å²) in [6, 6.07) is 12.7. The Bertz CT molecular complexity index is 2200. The first kappa shape index (κ1) is 49.5. The van der Waals surface area contributed by atoms with Crippen LogP contribution in [-0.2, 0) is 48.2 Å². The number of aromatic nitrogens is 3. The van der Waals surface area contributed by atoms with Gasteiger partial charge in [-0.3, -0.25) is 24.0 Å². The zero-order chi connectivity index (χ0) is 46.1. The van der Waals surface area contributed by atoms with Crippen LogP contribution < -0.4 is 21.7 Å². The maximum Gasteiger partial charge on any atom is 0.327 e. The molecule has 0 unspecified atom stereocenters. The van der Waals surface area contributed by atoms with E-state index in [1.165, 1.54) is 0 Å². The lowest BCUT2D eigenvalue weighted by atomic mass is 9.83. The van der Waals surface area contributed by atoms with Crippen LogP contribution in [0, 0.1) is 17.0 Å². The van der Waals surface area contributed by atoms with Gasteiger partial charge in [0.15, 0.2) is 5.82 Å².